The second-order valence-corrected chi connectivity index (χ2v) is 9.59. The van der Waals surface area contributed by atoms with E-state index >= 15 is 0 Å². The molecule has 2 aromatic carbocycles. The summed E-state index contributed by atoms with van der Waals surface area (Å²) < 4.78 is 13.4. The molecule has 2 saturated heterocycles. The summed E-state index contributed by atoms with van der Waals surface area (Å²) in [7, 11) is 1.84. The van der Waals surface area contributed by atoms with Gasteiger partial charge >= 0.3 is 6.03 Å². The molecule has 2 atom stereocenters. The molecule has 178 valence electrons. The number of nitrogens with one attached hydrogen (secondary N) is 2. The molecule has 0 unspecified atom stereocenters. The highest BCUT2D eigenvalue weighted by Crippen LogP contribution is 2.21. The molecule has 33 heavy (non-hydrogen) atoms. The maximum Gasteiger partial charge on any atom is 0.324 e. The Hall–Kier alpha value is -2.64. The molecule has 6 nitrogen and oxygen atoms in total. The highest BCUT2D eigenvalue weighted by molar-refractivity contribution is 5.91. The Labute approximate surface area is 196 Å². The zero-order chi connectivity index (χ0) is 23.4. The molecular formula is C26H36FN5O. The minimum absolute atomic E-state index is 0.0247. The van der Waals surface area contributed by atoms with Crippen molar-refractivity contribution in [1.82, 2.24) is 15.1 Å². The van der Waals surface area contributed by atoms with Crippen LogP contribution >= 0.6 is 0 Å². The van der Waals surface area contributed by atoms with E-state index in [9.17, 15) is 9.18 Å². The number of halogens is 1. The molecule has 0 aromatic heterocycles. The van der Waals surface area contributed by atoms with Gasteiger partial charge in [-0.25, -0.2) is 9.18 Å². The van der Waals surface area contributed by atoms with Gasteiger partial charge < -0.3 is 15.5 Å². The van der Waals surface area contributed by atoms with Gasteiger partial charge in [0, 0.05) is 69.3 Å². The van der Waals surface area contributed by atoms with Gasteiger partial charge in [-0.05, 0) is 62.6 Å². The van der Waals surface area contributed by atoms with Crippen LogP contribution in [0.4, 0.5) is 20.6 Å². The smallest absolute Gasteiger partial charge is 0.324 e. The Kier molecular flexibility index (Phi) is 7.50. The van der Waals surface area contributed by atoms with Gasteiger partial charge in [0.2, 0.25) is 0 Å². The third-order valence-electron chi connectivity index (χ3n) is 6.61. The molecule has 0 bridgehead atoms. The standard InChI is InChI=1S/C26H36FN5O/c1-19-16-31(17-20(2)28-19)18-21-7-9-25(10-8-21)30(3)26(33)32-13-11-23(12-14-32)29-24-6-4-5-22(27)15-24/h4-10,15,19-20,23,28-29H,11-14,16-18H2,1-3H3/t19-,20+. The van der Waals surface area contributed by atoms with E-state index in [0.717, 1.165) is 43.9 Å². The second kappa shape index (κ2) is 10.5. The molecular weight excluding hydrogens is 417 g/mol. The lowest BCUT2D eigenvalue weighted by Crippen LogP contribution is -2.53. The SMILES string of the molecule is C[C@@H]1CN(Cc2ccc(N(C)C(=O)N3CCC(Nc4cccc(F)c4)CC3)cc2)C[C@H](C)N1. The quantitative estimate of drug-likeness (QED) is 0.715. The molecule has 7 heteroatoms. The Balaban J connectivity index is 1.27. The molecule has 2 fully saturated rings. The molecule has 0 saturated carbocycles. The van der Waals surface area contributed by atoms with E-state index in [2.05, 4.69) is 41.5 Å². The molecule has 0 aliphatic carbocycles. The average Bonchev–Trinajstić information content (AvgIpc) is 2.78. The van der Waals surface area contributed by atoms with E-state index in [1.165, 1.54) is 17.7 Å². The van der Waals surface area contributed by atoms with Crippen LogP contribution in [0.25, 0.3) is 0 Å². The molecule has 2 aliphatic heterocycles. The van der Waals surface area contributed by atoms with Gasteiger partial charge in [-0.3, -0.25) is 9.80 Å². The lowest BCUT2D eigenvalue weighted by atomic mass is 10.0. The van der Waals surface area contributed by atoms with Crippen molar-refractivity contribution in [3.8, 4) is 0 Å². The predicted molar refractivity (Wildman–Crippen MR) is 132 cm³/mol. The van der Waals surface area contributed by atoms with Crippen LogP contribution in [0.5, 0.6) is 0 Å². The minimum Gasteiger partial charge on any atom is -0.382 e. The van der Waals surface area contributed by atoms with E-state index in [4.69, 9.17) is 0 Å². The fourth-order valence-corrected chi connectivity index (χ4v) is 5.00. The Morgan fingerprint density at radius 1 is 1.09 bits per heavy atom. The molecule has 2 N–H and O–H groups in total. The van der Waals surface area contributed by atoms with Crippen LogP contribution in [0, 0.1) is 5.82 Å². The van der Waals surface area contributed by atoms with Gasteiger partial charge in [0.25, 0.3) is 0 Å². The van der Waals surface area contributed by atoms with Crippen LogP contribution in [0.1, 0.15) is 32.3 Å². The van der Waals surface area contributed by atoms with Crippen LogP contribution in [0.15, 0.2) is 48.5 Å². The molecule has 2 amide bonds. The fraction of sp³-hybridized carbons (Fsp3) is 0.500. The van der Waals surface area contributed by atoms with Crippen molar-refractivity contribution in [3.63, 3.8) is 0 Å². The van der Waals surface area contributed by atoms with Gasteiger partial charge in [0.05, 0.1) is 0 Å². The predicted octanol–water partition coefficient (Wildman–Crippen LogP) is 4.14. The van der Waals surface area contributed by atoms with Gasteiger partial charge in [-0.15, -0.1) is 0 Å². The number of carbonyl (C=O) groups excluding carboxylic acids is 1. The Morgan fingerprint density at radius 2 is 1.76 bits per heavy atom. The molecule has 2 aliphatic rings. The zero-order valence-electron chi connectivity index (χ0n) is 19.9. The number of urea groups is 1. The first-order valence-electron chi connectivity index (χ1n) is 12.0. The summed E-state index contributed by atoms with van der Waals surface area (Å²) in [5.74, 6) is -0.239. The van der Waals surface area contributed by atoms with Crippen LogP contribution in [-0.4, -0.2) is 67.2 Å². The summed E-state index contributed by atoms with van der Waals surface area (Å²) in [5.41, 5.74) is 2.97. The maximum atomic E-state index is 13.4. The summed E-state index contributed by atoms with van der Waals surface area (Å²) in [5, 5.41) is 6.96. The lowest BCUT2D eigenvalue weighted by Gasteiger charge is -2.36. The van der Waals surface area contributed by atoms with Crippen LogP contribution in [0.2, 0.25) is 0 Å². The van der Waals surface area contributed by atoms with Gasteiger partial charge in [0.15, 0.2) is 0 Å². The van der Waals surface area contributed by atoms with Crippen molar-refractivity contribution < 1.29 is 9.18 Å². The van der Waals surface area contributed by atoms with Crippen LogP contribution in [-0.2, 0) is 6.54 Å². The van der Waals surface area contributed by atoms with Crippen molar-refractivity contribution in [2.24, 2.45) is 0 Å². The van der Waals surface area contributed by atoms with Crippen molar-refractivity contribution in [3.05, 3.63) is 59.9 Å². The normalized spacial score (nSPS) is 22.2. The first-order chi connectivity index (χ1) is 15.9. The number of amides is 2. The number of carbonyl (C=O) groups is 1. The lowest BCUT2D eigenvalue weighted by molar-refractivity contribution is 0.166. The first-order valence-corrected chi connectivity index (χ1v) is 12.0. The van der Waals surface area contributed by atoms with E-state index < -0.39 is 0 Å². The summed E-state index contributed by atoms with van der Waals surface area (Å²) in [6.07, 6.45) is 1.69. The van der Waals surface area contributed by atoms with Crippen molar-refractivity contribution >= 4 is 17.4 Å². The number of rotatable bonds is 5. The molecule has 0 spiro atoms. The van der Waals surface area contributed by atoms with E-state index in [1.807, 2.05) is 30.1 Å². The highest BCUT2D eigenvalue weighted by atomic mass is 19.1. The number of benzene rings is 2. The number of piperazine rings is 1. The molecule has 2 heterocycles. The van der Waals surface area contributed by atoms with Crippen molar-refractivity contribution in [2.75, 3.05) is 43.4 Å². The number of hydrogen-bond donors (Lipinski definition) is 2. The summed E-state index contributed by atoms with van der Waals surface area (Å²) in [6.45, 7) is 8.86. The Morgan fingerprint density at radius 3 is 2.39 bits per heavy atom. The molecule has 4 rings (SSSR count). The number of hydrogen-bond acceptors (Lipinski definition) is 4. The molecule has 2 aromatic rings. The van der Waals surface area contributed by atoms with Crippen molar-refractivity contribution in [1.29, 1.82) is 0 Å². The second-order valence-electron chi connectivity index (χ2n) is 9.59. The van der Waals surface area contributed by atoms with Crippen LogP contribution in [0.3, 0.4) is 0 Å². The zero-order valence-corrected chi connectivity index (χ0v) is 19.9. The number of likely N-dealkylation sites (tertiary alicyclic amines) is 1. The Bertz CT molecular complexity index is 919. The summed E-state index contributed by atoms with van der Waals surface area (Å²) >= 11 is 0. The molecule has 0 radical (unpaired) electrons. The number of piperidine rings is 1. The summed E-state index contributed by atoms with van der Waals surface area (Å²) in [6, 6.07) is 16.2. The largest absolute Gasteiger partial charge is 0.382 e. The minimum atomic E-state index is -0.239. The number of nitrogens with zero attached hydrogens (tertiary/aromatic N) is 3. The first kappa shape index (κ1) is 23.5. The van der Waals surface area contributed by atoms with E-state index in [0.29, 0.717) is 25.2 Å². The van der Waals surface area contributed by atoms with Crippen LogP contribution < -0.4 is 15.5 Å². The van der Waals surface area contributed by atoms with E-state index in [1.54, 1.807) is 11.0 Å². The third-order valence-corrected chi connectivity index (χ3v) is 6.61. The number of anilines is 2. The fourth-order valence-electron chi connectivity index (χ4n) is 5.00. The third kappa shape index (κ3) is 6.24. The monoisotopic (exact) mass is 453 g/mol. The van der Waals surface area contributed by atoms with Crippen molar-refractivity contribution in [2.45, 2.75) is 51.4 Å². The van der Waals surface area contributed by atoms with Gasteiger partial charge in [0.1, 0.15) is 5.82 Å². The average molecular weight is 454 g/mol. The van der Waals surface area contributed by atoms with Gasteiger partial charge in [-0.1, -0.05) is 18.2 Å². The van der Waals surface area contributed by atoms with E-state index in [-0.39, 0.29) is 17.9 Å². The van der Waals surface area contributed by atoms with Gasteiger partial charge in [-0.2, -0.15) is 0 Å². The highest BCUT2D eigenvalue weighted by Gasteiger charge is 2.26. The summed E-state index contributed by atoms with van der Waals surface area (Å²) in [4.78, 5) is 19.2. The topological polar surface area (TPSA) is 50.9 Å². The maximum absolute atomic E-state index is 13.4.